The SMILES string of the molecule is CCCCCCCC(=O)C1(O)CCCC1. The van der Waals surface area contributed by atoms with E-state index in [0.29, 0.717) is 19.3 Å². The zero-order valence-electron chi connectivity index (χ0n) is 9.93. The number of hydrogen-bond donors (Lipinski definition) is 1. The Morgan fingerprint density at radius 1 is 1.13 bits per heavy atom. The lowest BCUT2D eigenvalue weighted by atomic mass is 9.92. The molecule has 15 heavy (non-hydrogen) atoms. The van der Waals surface area contributed by atoms with E-state index in [1.54, 1.807) is 0 Å². The normalized spacial score (nSPS) is 19.3. The van der Waals surface area contributed by atoms with Crippen LogP contribution < -0.4 is 0 Å². The van der Waals surface area contributed by atoms with Crippen LogP contribution in [0.3, 0.4) is 0 Å². The minimum absolute atomic E-state index is 0.0940. The Morgan fingerprint density at radius 2 is 1.73 bits per heavy atom. The van der Waals surface area contributed by atoms with E-state index in [4.69, 9.17) is 0 Å². The largest absolute Gasteiger partial charge is 0.382 e. The van der Waals surface area contributed by atoms with Gasteiger partial charge in [-0.2, -0.15) is 0 Å². The molecule has 1 saturated carbocycles. The van der Waals surface area contributed by atoms with Gasteiger partial charge in [0.15, 0.2) is 5.78 Å². The molecule has 0 atom stereocenters. The Balaban J connectivity index is 2.12. The number of aliphatic hydroxyl groups is 1. The molecule has 0 unspecified atom stereocenters. The molecule has 0 aliphatic heterocycles. The van der Waals surface area contributed by atoms with Gasteiger partial charge in [0.1, 0.15) is 5.60 Å². The van der Waals surface area contributed by atoms with Gasteiger partial charge in [-0.1, -0.05) is 32.6 Å². The van der Waals surface area contributed by atoms with Gasteiger partial charge in [0.25, 0.3) is 0 Å². The first-order chi connectivity index (χ1) is 7.19. The third kappa shape index (κ3) is 3.94. The van der Waals surface area contributed by atoms with E-state index in [-0.39, 0.29) is 5.78 Å². The molecular weight excluding hydrogens is 188 g/mol. The second-order valence-corrected chi connectivity index (χ2v) is 4.83. The Morgan fingerprint density at radius 3 is 2.33 bits per heavy atom. The molecule has 0 bridgehead atoms. The topological polar surface area (TPSA) is 37.3 Å². The predicted molar refractivity (Wildman–Crippen MR) is 61.8 cm³/mol. The van der Waals surface area contributed by atoms with Crippen molar-refractivity contribution in [2.75, 3.05) is 0 Å². The van der Waals surface area contributed by atoms with Gasteiger partial charge in [0.2, 0.25) is 0 Å². The van der Waals surface area contributed by atoms with Crippen LogP contribution in [-0.4, -0.2) is 16.5 Å². The van der Waals surface area contributed by atoms with Gasteiger partial charge >= 0.3 is 0 Å². The standard InChI is InChI=1S/C13H24O2/c1-2-3-4-5-6-9-12(14)13(15)10-7-8-11-13/h15H,2-11H2,1H3. The first-order valence-corrected chi connectivity index (χ1v) is 6.45. The van der Waals surface area contributed by atoms with Crippen molar-refractivity contribution in [3.63, 3.8) is 0 Å². The second-order valence-electron chi connectivity index (χ2n) is 4.83. The van der Waals surface area contributed by atoms with Crippen LogP contribution in [0.25, 0.3) is 0 Å². The summed E-state index contributed by atoms with van der Waals surface area (Å²) >= 11 is 0. The highest BCUT2D eigenvalue weighted by Crippen LogP contribution is 2.31. The van der Waals surface area contributed by atoms with E-state index >= 15 is 0 Å². The summed E-state index contributed by atoms with van der Waals surface area (Å²) in [4.78, 5) is 11.7. The molecule has 0 amide bonds. The summed E-state index contributed by atoms with van der Waals surface area (Å²) in [6.45, 7) is 2.19. The zero-order valence-corrected chi connectivity index (χ0v) is 9.93. The fourth-order valence-corrected chi connectivity index (χ4v) is 2.36. The fourth-order valence-electron chi connectivity index (χ4n) is 2.36. The minimum atomic E-state index is -0.940. The van der Waals surface area contributed by atoms with E-state index in [1.807, 2.05) is 0 Å². The van der Waals surface area contributed by atoms with Gasteiger partial charge in [0, 0.05) is 6.42 Å². The maximum Gasteiger partial charge on any atom is 0.164 e. The fraction of sp³-hybridized carbons (Fsp3) is 0.923. The summed E-state index contributed by atoms with van der Waals surface area (Å²) in [6, 6.07) is 0. The third-order valence-electron chi connectivity index (χ3n) is 3.46. The molecule has 1 aliphatic rings. The van der Waals surface area contributed by atoms with E-state index in [2.05, 4.69) is 6.92 Å². The summed E-state index contributed by atoms with van der Waals surface area (Å²) in [5.74, 6) is 0.0940. The first kappa shape index (κ1) is 12.7. The molecule has 1 rings (SSSR count). The number of carbonyl (C=O) groups excluding carboxylic acids is 1. The molecule has 0 aromatic heterocycles. The van der Waals surface area contributed by atoms with Gasteiger partial charge in [-0.15, -0.1) is 0 Å². The molecular formula is C13H24O2. The van der Waals surface area contributed by atoms with Crippen LogP contribution in [0.2, 0.25) is 0 Å². The van der Waals surface area contributed by atoms with Crippen molar-refractivity contribution in [3.8, 4) is 0 Å². The van der Waals surface area contributed by atoms with E-state index in [9.17, 15) is 9.90 Å². The van der Waals surface area contributed by atoms with Crippen molar-refractivity contribution in [2.45, 2.75) is 76.7 Å². The molecule has 0 radical (unpaired) electrons. The van der Waals surface area contributed by atoms with E-state index < -0.39 is 5.60 Å². The van der Waals surface area contributed by atoms with Crippen LogP contribution in [0, 0.1) is 0 Å². The third-order valence-corrected chi connectivity index (χ3v) is 3.46. The minimum Gasteiger partial charge on any atom is -0.382 e. The quantitative estimate of drug-likeness (QED) is 0.658. The number of ketones is 1. The average Bonchev–Trinajstić information content (AvgIpc) is 2.66. The molecule has 1 N–H and O–H groups in total. The van der Waals surface area contributed by atoms with Gasteiger partial charge in [0.05, 0.1) is 0 Å². The van der Waals surface area contributed by atoms with Crippen LogP contribution >= 0.6 is 0 Å². The lowest BCUT2D eigenvalue weighted by Gasteiger charge is -2.20. The molecule has 0 aromatic carbocycles. The van der Waals surface area contributed by atoms with Gasteiger partial charge in [-0.05, 0) is 32.1 Å². The van der Waals surface area contributed by atoms with E-state index in [1.165, 1.54) is 19.3 Å². The molecule has 2 nitrogen and oxygen atoms in total. The van der Waals surface area contributed by atoms with Crippen LogP contribution in [0.1, 0.15) is 71.1 Å². The number of unbranched alkanes of at least 4 members (excludes halogenated alkanes) is 4. The van der Waals surface area contributed by atoms with Crippen molar-refractivity contribution in [2.24, 2.45) is 0 Å². The van der Waals surface area contributed by atoms with E-state index in [0.717, 1.165) is 25.7 Å². The highest BCUT2D eigenvalue weighted by atomic mass is 16.3. The summed E-state index contributed by atoms with van der Waals surface area (Å²) in [5.41, 5.74) is -0.940. The van der Waals surface area contributed by atoms with Gasteiger partial charge < -0.3 is 5.11 Å². The first-order valence-electron chi connectivity index (χ1n) is 6.45. The van der Waals surface area contributed by atoms with Crippen LogP contribution in [0.4, 0.5) is 0 Å². The van der Waals surface area contributed by atoms with Crippen molar-refractivity contribution in [1.82, 2.24) is 0 Å². The van der Waals surface area contributed by atoms with Crippen molar-refractivity contribution in [1.29, 1.82) is 0 Å². The molecule has 0 saturated heterocycles. The smallest absolute Gasteiger partial charge is 0.164 e. The highest BCUT2D eigenvalue weighted by Gasteiger charge is 2.37. The van der Waals surface area contributed by atoms with Gasteiger partial charge in [-0.3, -0.25) is 4.79 Å². The summed E-state index contributed by atoms with van der Waals surface area (Å²) in [7, 11) is 0. The molecule has 2 heteroatoms. The number of hydrogen-bond acceptors (Lipinski definition) is 2. The lowest BCUT2D eigenvalue weighted by Crippen LogP contribution is -2.35. The monoisotopic (exact) mass is 212 g/mol. The Bertz CT molecular complexity index is 193. The Hall–Kier alpha value is -0.370. The zero-order chi connectivity index (χ0) is 11.1. The van der Waals surface area contributed by atoms with Gasteiger partial charge in [-0.25, -0.2) is 0 Å². The summed E-state index contributed by atoms with van der Waals surface area (Å²) in [5, 5.41) is 10.0. The second kappa shape index (κ2) is 6.26. The van der Waals surface area contributed by atoms with Crippen molar-refractivity contribution < 1.29 is 9.90 Å². The summed E-state index contributed by atoms with van der Waals surface area (Å²) in [6.07, 6.45) is 9.81. The molecule has 0 spiro atoms. The Kier molecular flexibility index (Phi) is 5.30. The van der Waals surface area contributed by atoms with Crippen LogP contribution in [0.5, 0.6) is 0 Å². The lowest BCUT2D eigenvalue weighted by molar-refractivity contribution is -0.136. The number of carbonyl (C=O) groups is 1. The van der Waals surface area contributed by atoms with Crippen molar-refractivity contribution >= 4 is 5.78 Å². The molecule has 1 aliphatic carbocycles. The average molecular weight is 212 g/mol. The maximum absolute atomic E-state index is 11.7. The molecule has 0 heterocycles. The highest BCUT2D eigenvalue weighted by molar-refractivity contribution is 5.87. The number of Topliss-reactive ketones (excluding diaryl/α,β-unsaturated/α-hetero) is 1. The van der Waals surface area contributed by atoms with Crippen molar-refractivity contribution in [3.05, 3.63) is 0 Å². The molecule has 1 fully saturated rings. The number of rotatable bonds is 7. The van der Waals surface area contributed by atoms with Crippen LogP contribution in [0.15, 0.2) is 0 Å². The molecule has 0 aromatic rings. The Labute approximate surface area is 93.1 Å². The molecule has 88 valence electrons. The van der Waals surface area contributed by atoms with Crippen LogP contribution in [-0.2, 0) is 4.79 Å². The predicted octanol–water partition coefficient (Wildman–Crippen LogP) is 3.22. The summed E-state index contributed by atoms with van der Waals surface area (Å²) < 4.78 is 0. The maximum atomic E-state index is 11.7.